The lowest BCUT2D eigenvalue weighted by Gasteiger charge is -2.14. The van der Waals surface area contributed by atoms with Gasteiger partial charge in [0.15, 0.2) is 0 Å². The van der Waals surface area contributed by atoms with E-state index in [1.54, 1.807) is 31.0 Å². The van der Waals surface area contributed by atoms with Crippen LogP contribution in [-0.2, 0) is 4.74 Å². The standard InChI is InChI=1S/C11H16FNOS/c1-14-6-7-15-11(8-13)9-2-4-10(12)5-3-9/h2-5,11H,6-8,13H2,1H3. The zero-order valence-corrected chi connectivity index (χ0v) is 9.60. The summed E-state index contributed by atoms with van der Waals surface area (Å²) in [6.45, 7) is 1.27. The number of rotatable bonds is 6. The number of ether oxygens (including phenoxy) is 1. The molecule has 4 heteroatoms. The molecule has 84 valence electrons. The van der Waals surface area contributed by atoms with E-state index in [2.05, 4.69) is 0 Å². The smallest absolute Gasteiger partial charge is 0.123 e. The summed E-state index contributed by atoms with van der Waals surface area (Å²) in [5.74, 6) is 0.687. The van der Waals surface area contributed by atoms with Crippen LogP contribution in [0.15, 0.2) is 24.3 Å². The molecule has 0 bridgehead atoms. The topological polar surface area (TPSA) is 35.2 Å². The summed E-state index contributed by atoms with van der Waals surface area (Å²) >= 11 is 1.73. The van der Waals surface area contributed by atoms with E-state index in [1.807, 2.05) is 0 Å². The number of nitrogens with two attached hydrogens (primary N) is 1. The Bertz CT molecular complexity index is 278. The Morgan fingerprint density at radius 1 is 1.40 bits per heavy atom. The summed E-state index contributed by atoms with van der Waals surface area (Å²) in [5.41, 5.74) is 6.74. The molecule has 0 aromatic heterocycles. The van der Waals surface area contributed by atoms with E-state index in [-0.39, 0.29) is 11.1 Å². The van der Waals surface area contributed by atoms with Crippen molar-refractivity contribution in [1.82, 2.24) is 0 Å². The molecule has 0 aliphatic carbocycles. The van der Waals surface area contributed by atoms with Crippen LogP contribution < -0.4 is 5.73 Å². The van der Waals surface area contributed by atoms with E-state index in [1.165, 1.54) is 12.1 Å². The number of hydrogen-bond acceptors (Lipinski definition) is 3. The maximum Gasteiger partial charge on any atom is 0.123 e. The predicted molar refractivity (Wildman–Crippen MR) is 62.5 cm³/mol. The van der Waals surface area contributed by atoms with Crippen molar-refractivity contribution in [3.05, 3.63) is 35.6 Å². The third kappa shape index (κ3) is 4.20. The Morgan fingerprint density at radius 2 is 2.07 bits per heavy atom. The Kier molecular flexibility index (Phi) is 5.68. The third-order valence-corrected chi connectivity index (χ3v) is 3.33. The molecule has 0 amide bonds. The molecule has 1 aromatic carbocycles. The molecule has 0 saturated carbocycles. The van der Waals surface area contributed by atoms with Gasteiger partial charge in [-0.05, 0) is 17.7 Å². The molecule has 2 N–H and O–H groups in total. The zero-order valence-electron chi connectivity index (χ0n) is 8.78. The first kappa shape index (κ1) is 12.5. The summed E-state index contributed by atoms with van der Waals surface area (Å²) in [4.78, 5) is 0. The SMILES string of the molecule is COCCSC(CN)c1ccc(F)cc1. The second kappa shape index (κ2) is 6.82. The number of thioether (sulfide) groups is 1. The van der Waals surface area contributed by atoms with Crippen molar-refractivity contribution in [2.45, 2.75) is 5.25 Å². The molecule has 0 aliphatic rings. The van der Waals surface area contributed by atoms with Gasteiger partial charge in [-0.1, -0.05) is 12.1 Å². The molecule has 0 fully saturated rings. The fraction of sp³-hybridized carbons (Fsp3) is 0.455. The van der Waals surface area contributed by atoms with Gasteiger partial charge in [0.05, 0.1) is 6.61 Å². The van der Waals surface area contributed by atoms with Crippen LogP contribution in [0.25, 0.3) is 0 Å². The van der Waals surface area contributed by atoms with Crippen molar-refractivity contribution in [1.29, 1.82) is 0 Å². The van der Waals surface area contributed by atoms with Gasteiger partial charge in [0.1, 0.15) is 5.82 Å². The number of hydrogen-bond donors (Lipinski definition) is 1. The molecule has 1 rings (SSSR count). The number of benzene rings is 1. The summed E-state index contributed by atoms with van der Waals surface area (Å²) in [7, 11) is 1.68. The molecule has 2 nitrogen and oxygen atoms in total. The van der Waals surface area contributed by atoms with Crippen LogP contribution in [0.3, 0.4) is 0 Å². The molecule has 15 heavy (non-hydrogen) atoms. The van der Waals surface area contributed by atoms with Gasteiger partial charge in [-0.3, -0.25) is 0 Å². The molecule has 1 unspecified atom stereocenters. The zero-order chi connectivity index (χ0) is 11.1. The first-order valence-electron chi connectivity index (χ1n) is 4.84. The first-order chi connectivity index (χ1) is 7.27. The molecule has 0 aliphatic heterocycles. The van der Waals surface area contributed by atoms with Gasteiger partial charge >= 0.3 is 0 Å². The minimum atomic E-state index is -0.212. The summed E-state index contributed by atoms with van der Waals surface area (Å²) in [5, 5.41) is 0.223. The van der Waals surface area contributed by atoms with Crippen LogP contribution in [0.5, 0.6) is 0 Å². The van der Waals surface area contributed by atoms with Crippen LogP contribution in [-0.4, -0.2) is 26.0 Å². The lowest BCUT2D eigenvalue weighted by molar-refractivity contribution is 0.218. The maximum atomic E-state index is 12.7. The van der Waals surface area contributed by atoms with Crippen molar-refractivity contribution < 1.29 is 9.13 Å². The van der Waals surface area contributed by atoms with Crippen LogP contribution in [0.1, 0.15) is 10.8 Å². The van der Waals surface area contributed by atoms with Crippen molar-refractivity contribution in [3.8, 4) is 0 Å². The van der Waals surface area contributed by atoms with Crippen molar-refractivity contribution in [3.63, 3.8) is 0 Å². The molecule has 1 aromatic rings. The van der Waals surface area contributed by atoms with Crippen LogP contribution in [0.2, 0.25) is 0 Å². The maximum absolute atomic E-state index is 12.7. The highest BCUT2D eigenvalue weighted by molar-refractivity contribution is 7.99. The predicted octanol–water partition coefficient (Wildman–Crippen LogP) is 2.21. The van der Waals surface area contributed by atoms with E-state index in [9.17, 15) is 4.39 Å². The molecular weight excluding hydrogens is 213 g/mol. The van der Waals surface area contributed by atoms with Gasteiger partial charge in [0, 0.05) is 24.7 Å². The van der Waals surface area contributed by atoms with E-state index in [0.717, 1.165) is 11.3 Å². The van der Waals surface area contributed by atoms with Crippen molar-refractivity contribution >= 4 is 11.8 Å². The third-order valence-electron chi connectivity index (χ3n) is 2.06. The van der Waals surface area contributed by atoms with Crippen molar-refractivity contribution in [2.75, 3.05) is 26.0 Å². The van der Waals surface area contributed by atoms with Crippen LogP contribution >= 0.6 is 11.8 Å². The van der Waals surface area contributed by atoms with Gasteiger partial charge in [-0.25, -0.2) is 4.39 Å². The van der Waals surface area contributed by atoms with E-state index in [0.29, 0.717) is 13.2 Å². The van der Waals surface area contributed by atoms with Gasteiger partial charge < -0.3 is 10.5 Å². The van der Waals surface area contributed by atoms with E-state index >= 15 is 0 Å². The van der Waals surface area contributed by atoms with Crippen LogP contribution in [0, 0.1) is 5.82 Å². The second-order valence-corrected chi connectivity index (χ2v) is 4.45. The van der Waals surface area contributed by atoms with Gasteiger partial charge in [0.25, 0.3) is 0 Å². The van der Waals surface area contributed by atoms with Crippen LogP contribution in [0.4, 0.5) is 4.39 Å². The largest absolute Gasteiger partial charge is 0.384 e. The number of methoxy groups -OCH3 is 1. The van der Waals surface area contributed by atoms with E-state index < -0.39 is 0 Å². The fourth-order valence-corrected chi connectivity index (χ4v) is 2.28. The summed E-state index contributed by atoms with van der Waals surface area (Å²) < 4.78 is 17.7. The number of halogens is 1. The quantitative estimate of drug-likeness (QED) is 0.760. The summed E-state index contributed by atoms with van der Waals surface area (Å²) in [6.07, 6.45) is 0. The van der Waals surface area contributed by atoms with Gasteiger partial charge in [-0.2, -0.15) is 11.8 Å². The van der Waals surface area contributed by atoms with Gasteiger partial charge in [-0.15, -0.1) is 0 Å². The highest BCUT2D eigenvalue weighted by Crippen LogP contribution is 2.27. The van der Waals surface area contributed by atoms with Crippen molar-refractivity contribution in [2.24, 2.45) is 5.73 Å². The lowest BCUT2D eigenvalue weighted by Crippen LogP contribution is -2.10. The Morgan fingerprint density at radius 3 is 2.60 bits per heavy atom. The lowest BCUT2D eigenvalue weighted by atomic mass is 10.1. The Labute approximate surface area is 94.0 Å². The average Bonchev–Trinajstić information content (AvgIpc) is 2.26. The molecule has 0 heterocycles. The molecule has 0 spiro atoms. The monoisotopic (exact) mass is 229 g/mol. The minimum absolute atomic E-state index is 0.212. The molecular formula is C11H16FNOS. The first-order valence-corrected chi connectivity index (χ1v) is 5.89. The second-order valence-electron chi connectivity index (χ2n) is 3.14. The molecule has 1 atom stereocenters. The molecule has 0 radical (unpaired) electrons. The summed E-state index contributed by atoms with van der Waals surface area (Å²) in [6, 6.07) is 6.50. The average molecular weight is 229 g/mol. The molecule has 0 saturated heterocycles. The normalized spacial score (nSPS) is 12.7. The highest BCUT2D eigenvalue weighted by atomic mass is 32.2. The minimum Gasteiger partial charge on any atom is -0.384 e. The Balaban J connectivity index is 2.53. The Hall–Kier alpha value is -0.580. The highest BCUT2D eigenvalue weighted by Gasteiger charge is 2.09. The van der Waals surface area contributed by atoms with Gasteiger partial charge in [0.2, 0.25) is 0 Å². The van der Waals surface area contributed by atoms with E-state index in [4.69, 9.17) is 10.5 Å². The fourth-order valence-electron chi connectivity index (χ4n) is 1.25.